The van der Waals surface area contributed by atoms with Gasteiger partial charge in [-0.05, 0) is 92.8 Å². The van der Waals surface area contributed by atoms with E-state index in [1.54, 1.807) is 6.08 Å². The van der Waals surface area contributed by atoms with Crippen LogP contribution in [-0.2, 0) is 9.59 Å². The number of hydrogen-bond acceptors (Lipinski definition) is 5. The first-order valence-electron chi connectivity index (χ1n) is 11.5. The van der Waals surface area contributed by atoms with Crippen molar-refractivity contribution in [2.24, 2.45) is 0 Å². The Hall–Kier alpha value is -3.06. The van der Waals surface area contributed by atoms with E-state index in [-0.39, 0.29) is 12.1 Å². The highest BCUT2D eigenvalue weighted by Crippen LogP contribution is 2.43. The van der Waals surface area contributed by atoms with E-state index in [0.717, 1.165) is 39.8 Å². The number of anilines is 2. The first-order valence-corrected chi connectivity index (χ1v) is 12.3. The standard InChI is InChI=1S/C27H31N3O3S/c1-16-7-9-21(17(2)11-16)28-24(31)15-30-25(32)23(34-26(30)33)13-19-8-10-22-20(12-19)18(3)14-27(4,5)29(22)6/h7-13,18H,14-15H2,1-6H3,(H,28,31)/b23-13-/t18-/m0/s1. The summed E-state index contributed by atoms with van der Waals surface area (Å²) in [5, 5.41) is 2.37. The third-order valence-corrected chi connectivity index (χ3v) is 7.69. The van der Waals surface area contributed by atoms with Crippen LogP contribution in [0.15, 0.2) is 41.3 Å². The lowest BCUT2D eigenvalue weighted by atomic mass is 9.80. The molecule has 0 aliphatic carbocycles. The Balaban J connectivity index is 1.50. The van der Waals surface area contributed by atoms with Crippen molar-refractivity contribution in [1.82, 2.24) is 4.90 Å². The number of nitrogens with one attached hydrogen (secondary N) is 1. The lowest BCUT2D eigenvalue weighted by molar-refractivity contribution is -0.127. The number of carbonyl (C=O) groups excluding carboxylic acids is 3. The maximum Gasteiger partial charge on any atom is 0.294 e. The van der Waals surface area contributed by atoms with Crippen LogP contribution >= 0.6 is 11.8 Å². The van der Waals surface area contributed by atoms with Crippen molar-refractivity contribution in [3.8, 4) is 0 Å². The molecular formula is C27H31N3O3S. The summed E-state index contributed by atoms with van der Waals surface area (Å²) in [6.45, 7) is 10.3. The Labute approximate surface area is 205 Å². The van der Waals surface area contributed by atoms with E-state index < -0.39 is 17.1 Å². The van der Waals surface area contributed by atoms with E-state index in [1.807, 2.05) is 38.1 Å². The number of aryl methyl sites for hydroxylation is 2. The van der Waals surface area contributed by atoms with Crippen molar-refractivity contribution in [3.63, 3.8) is 0 Å². The molecule has 0 radical (unpaired) electrons. The quantitative estimate of drug-likeness (QED) is 0.572. The molecule has 6 nitrogen and oxygen atoms in total. The number of benzene rings is 2. The maximum atomic E-state index is 12.9. The summed E-state index contributed by atoms with van der Waals surface area (Å²) in [6, 6.07) is 11.9. The van der Waals surface area contributed by atoms with Gasteiger partial charge in [0.25, 0.3) is 11.1 Å². The molecule has 3 amide bonds. The average Bonchev–Trinajstić information content (AvgIpc) is 3.01. The smallest absolute Gasteiger partial charge is 0.294 e. The fraction of sp³-hybridized carbons (Fsp3) is 0.370. The fourth-order valence-electron chi connectivity index (χ4n) is 4.76. The molecule has 34 heavy (non-hydrogen) atoms. The second-order valence-corrected chi connectivity index (χ2v) is 10.9. The van der Waals surface area contributed by atoms with Crippen molar-refractivity contribution in [1.29, 1.82) is 0 Å². The summed E-state index contributed by atoms with van der Waals surface area (Å²) in [5.74, 6) is -0.447. The van der Waals surface area contributed by atoms with E-state index in [4.69, 9.17) is 0 Å². The molecule has 0 unspecified atom stereocenters. The molecule has 2 aliphatic heterocycles. The highest BCUT2D eigenvalue weighted by atomic mass is 32.2. The summed E-state index contributed by atoms with van der Waals surface area (Å²) >= 11 is 0.877. The van der Waals surface area contributed by atoms with Crippen LogP contribution in [-0.4, -0.2) is 41.1 Å². The van der Waals surface area contributed by atoms with Gasteiger partial charge in [-0.25, -0.2) is 0 Å². The second kappa shape index (κ2) is 8.95. The van der Waals surface area contributed by atoms with Crippen LogP contribution in [0, 0.1) is 13.8 Å². The van der Waals surface area contributed by atoms with E-state index in [0.29, 0.717) is 16.5 Å². The minimum absolute atomic E-state index is 0.0777. The summed E-state index contributed by atoms with van der Waals surface area (Å²) in [7, 11) is 2.11. The van der Waals surface area contributed by atoms with Gasteiger partial charge in [0, 0.05) is 24.0 Å². The maximum absolute atomic E-state index is 12.9. The Bertz CT molecular complexity index is 1220. The van der Waals surface area contributed by atoms with Crippen LogP contribution in [0.2, 0.25) is 0 Å². The molecule has 1 N–H and O–H groups in total. The molecule has 1 fully saturated rings. The predicted octanol–water partition coefficient (Wildman–Crippen LogP) is 5.70. The molecule has 0 saturated carbocycles. The van der Waals surface area contributed by atoms with Crippen LogP contribution in [0.3, 0.4) is 0 Å². The van der Waals surface area contributed by atoms with E-state index in [9.17, 15) is 14.4 Å². The molecule has 2 heterocycles. The van der Waals surface area contributed by atoms with Crippen LogP contribution in [0.5, 0.6) is 0 Å². The molecule has 7 heteroatoms. The molecule has 0 aromatic heterocycles. The number of nitrogens with zero attached hydrogens (tertiary/aromatic N) is 2. The largest absolute Gasteiger partial charge is 0.369 e. The molecule has 2 aliphatic rings. The van der Waals surface area contributed by atoms with Gasteiger partial charge in [0.05, 0.1) is 4.91 Å². The van der Waals surface area contributed by atoms with E-state index in [1.165, 1.54) is 11.3 Å². The topological polar surface area (TPSA) is 69.7 Å². The van der Waals surface area contributed by atoms with Crippen LogP contribution in [0.25, 0.3) is 6.08 Å². The predicted molar refractivity (Wildman–Crippen MR) is 139 cm³/mol. The van der Waals surface area contributed by atoms with Gasteiger partial charge in [-0.3, -0.25) is 19.3 Å². The zero-order valence-corrected chi connectivity index (χ0v) is 21.4. The molecule has 2 aromatic carbocycles. The summed E-state index contributed by atoms with van der Waals surface area (Å²) in [4.78, 5) is 41.7. The van der Waals surface area contributed by atoms with Gasteiger partial charge in [0.1, 0.15) is 6.54 Å². The summed E-state index contributed by atoms with van der Waals surface area (Å²) in [6.07, 6.45) is 2.78. The first kappa shape index (κ1) is 24.1. The molecular weight excluding hydrogens is 446 g/mol. The van der Waals surface area contributed by atoms with Crippen molar-refractivity contribution in [2.75, 3.05) is 23.8 Å². The lowest BCUT2D eigenvalue weighted by Gasteiger charge is -2.45. The van der Waals surface area contributed by atoms with Gasteiger partial charge in [0.2, 0.25) is 5.91 Å². The lowest BCUT2D eigenvalue weighted by Crippen LogP contribution is -2.45. The number of rotatable bonds is 4. The average molecular weight is 478 g/mol. The van der Waals surface area contributed by atoms with Crippen molar-refractivity contribution < 1.29 is 14.4 Å². The Kier molecular flexibility index (Phi) is 6.34. The highest BCUT2D eigenvalue weighted by Gasteiger charge is 2.37. The fourth-order valence-corrected chi connectivity index (χ4v) is 5.60. The Morgan fingerprint density at radius 1 is 1.18 bits per heavy atom. The summed E-state index contributed by atoms with van der Waals surface area (Å²) in [5.41, 5.74) is 6.09. The van der Waals surface area contributed by atoms with E-state index >= 15 is 0 Å². The molecule has 1 saturated heterocycles. The van der Waals surface area contributed by atoms with Gasteiger partial charge < -0.3 is 10.2 Å². The van der Waals surface area contributed by atoms with Crippen molar-refractivity contribution in [2.45, 2.75) is 52.5 Å². The molecule has 0 spiro atoms. The number of imide groups is 1. The first-order chi connectivity index (χ1) is 16.0. The highest BCUT2D eigenvalue weighted by molar-refractivity contribution is 8.18. The number of fused-ring (bicyclic) bond motifs is 1. The van der Waals surface area contributed by atoms with Crippen molar-refractivity contribution >= 4 is 46.3 Å². The van der Waals surface area contributed by atoms with Gasteiger partial charge in [-0.1, -0.05) is 30.7 Å². The minimum atomic E-state index is -0.435. The van der Waals surface area contributed by atoms with E-state index in [2.05, 4.69) is 50.2 Å². The SMILES string of the molecule is Cc1ccc(NC(=O)CN2C(=O)S/C(=C\c3ccc4c(c3)[C@@H](C)CC(C)(C)N4C)C2=O)c(C)c1. The minimum Gasteiger partial charge on any atom is -0.369 e. The van der Waals surface area contributed by atoms with Crippen LogP contribution in [0.4, 0.5) is 16.2 Å². The zero-order chi connectivity index (χ0) is 24.8. The molecule has 4 rings (SSSR count). The number of carbonyl (C=O) groups is 3. The van der Waals surface area contributed by atoms with Gasteiger partial charge in [0.15, 0.2) is 0 Å². The second-order valence-electron chi connectivity index (χ2n) is 9.93. The van der Waals surface area contributed by atoms with Crippen molar-refractivity contribution in [3.05, 3.63) is 63.6 Å². The third-order valence-electron chi connectivity index (χ3n) is 6.79. The van der Waals surface area contributed by atoms with Gasteiger partial charge in [-0.2, -0.15) is 0 Å². The molecule has 178 valence electrons. The monoisotopic (exact) mass is 477 g/mol. The number of hydrogen-bond donors (Lipinski definition) is 1. The molecule has 1 atom stereocenters. The Morgan fingerprint density at radius 3 is 2.62 bits per heavy atom. The number of amides is 3. The van der Waals surface area contributed by atoms with Gasteiger partial charge >= 0.3 is 0 Å². The number of thioether (sulfide) groups is 1. The van der Waals surface area contributed by atoms with Crippen LogP contribution < -0.4 is 10.2 Å². The normalized spacial score (nSPS) is 20.6. The third kappa shape index (κ3) is 4.62. The molecule has 0 bridgehead atoms. The Morgan fingerprint density at radius 2 is 1.91 bits per heavy atom. The zero-order valence-electron chi connectivity index (χ0n) is 20.6. The van der Waals surface area contributed by atoms with Gasteiger partial charge in [-0.15, -0.1) is 0 Å². The summed E-state index contributed by atoms with van der Waals surface area (Å²) < 4.78 is 0. The molecule has 2 aromatic rings. The van der Waals surface area contributed by atoms with Crippen LogP contribution in [0.1, 0.15) is 55.4 Å².